The Morgan fingerprint density at radius 1 is 0.962 bits per heavy atom. The predicted molar refractivity (Wildman–Crippen MR) is 101 cm³/mol. The van der Waals surface area contributed by atoms with Crippen LogP contribution in [0.4, 0.5) is 14.9 Å². The summed E-state index contributed by atoms with van der Waals surface area (Å²) in [6, 6.07) is 17.1. The first-order chi connectivity index (χ1) is 12.7. The van der Waals surface area contributed by atoms with Crippen molar-refractivity contribution < 1.29 is 9.18 Å². The van der Waals surface area contributed by atoms with E-state index < -0.39 is 0 Å². The number of rotatable bonds is 4. The van der Waals surface area contributed by atoms with E-state index in [0.717, 1.165) is 0 Å². The molecular formula is C21H24FN3O. The van der Waals surface area contributed by atoms with Gasteiger partial charge in [0.15, 0.2) is 0 Å². The molecule has 26 heavy (non-hydrogen) atoms. The number of benzene rings is 2. The first-order valence-electron chi connectivity index (χ1n) is 9.32. The SMILES string of the molecule is O=C(NC(c1ccccc1)C1CC1)N1CCN(c2ccccc2F)CC1. The van der Waals surface area contributed by atoms with Gasteiger partial charge < -0.3 is 15.1 Å². The van der Waals surface area contributed by atoms with E-state index in [1.165, 1.54) is 24.5 Å². The molecule has 2 aliphatic rings. The molecular weight excluding hydrogens is 329 g/mol. The normalized spacial score (nSPS) is 18.5. The Hall–Kier alpha value is -2.56. The Labute approximate surface area is 153 Å². The zero-order chi connectivity index (χ0) is 17.9. The lowest BCUT2D eigenvalue weighted by Gasteiger charge is -2.37. The maximum absolute atomic E-state index is 14.0. The fraction of sp³-hybridized carbons (Fsp3) is 0.381. The van der Waals surface area contributed by atoms with Crippen molar-refractivity contribution in [3.8, 4) is 0 Å². The second-order valence-electron chi connectivity index (χ2n) is 7.10. The molecule has 1 atom stereocenters. The average Bonchev–Trinajstić information content (AvgIpc) is 3.52. The molecule has 1 saturated carbocycles. The van der Waals surface area contributed by atoms with Gasteiger partial charge in [0.2, 0.25) is 0 Å². The van der Waals surface area contributed by atoms with Gasteiger partial charge in [-0.25, -0.2) is 9.18 Å². The van der Waals surface area contributed by atoms with Crippen LogP contribution in [0.5, 0.6) is 0 Å². The van der Waals surface area contributed by atoms with E-state index in [2.05, 4.69) is 17.4 Å². The third-order valence-corrected chi connectivity index (χ3v) is 5.29. The lowest BCUT2D eigenvalue weighted by molar-refractivity contribution is 0.188. The average molecular weight is 353 g/mol. The summed E-state index contributed by atoms with van der Waals surface area (Å²) in [6.45, 7) is 2.50. The van der Waals surface area contributed by atoms with Crippen molar-refractivity contribution in [2.24, 2.45) is 5.92 Å². The molecule has 1 heterocycles. The molecule has 2 fully saturated rings. The van der Waals surface area contributed by atoms with Crippen molar-refractivity contribution >= 4 is 11.7 Å². The fourth-order valence-electron chi connectivity index (χ4n) is 3.65. The van der Waals surface area contributed by atoms with Gasteiger partial charge in [-0.15, -0.1) is 0 Å². The topological polar surface area (TPSA) is 35.6 Å². The Morgan fingerprint density at radius 2 is 1.62 bits per heavy atom. The van der Waals surface area contributed by atoms with Gasteiger partial charge in [0.05, 0.1) is 11.7 Å². The summed E-state index contributed by atoms with van der Waals surface area (Å²) in [6.07, 6.45) is 2.34. The van der Waals surface area contributed by atoms with Crippen molar-refractivity contribution in [2.45, 2.75) is 18.9 Å². The van der Waals surface area contributed by atoms with Crippen LogP contribution in [-0.2, 0) is 0 Å². The second kappa shape index (κ2) is 7.36. The van der Waals surface area contributed by atoms with Gasteiger partial charge in [-0.05, 0) is 36.5 Å². The summed E-state index contributed by atoms with van der Waals surface area (Å²) in [5, 5.41) is 3.23. The van der Waals surface area contributed by atoms with Gasteiger partial charge in [0, 0.05) is 26.2 Å². The van der Waals surface area contributed by atoms with Crippen molar-refractivity contribution in [2.75, 3.05) is 31.1 Å². The first kappa shape index (κ1) is 16.9. The number of halogens is 1. The molecule has 4 nitrogen and oxygen atoms in total. The Kier molecular flexibility index (Phi) is 4.78. The summed E-state index contributed by atoms with van der Waals surface area (Å²) in [7, 11) is 0. The van der Waals surface area contributed by atoms with Crippen LogP contribution < -0.4 is 10.2 Å². The minimum absolute atomic E-state index is 0.0149. The lowest BCUT2D eigenvalue weighted by atomic mass is 10.0. The highest BCUT2D eigenvalue weighted by Crippen LogP contribution is 2.41. The molecule has 0 radical (unpaired) electrons. The predicted octanol–water partition coefficient (Wildman–Crippen LogP) is 3.81. The summed E-state index contributed by atoms with van der Waals surface area (Å²) in [5.41, 5.74) is 1.79. The maximum atomic E-state index is 14.0. The minimum Gasteiger partial charge on any atom is -0.366 e. The number of para-hydroxylation sites is 1. The van der Waals surface area contributed by atoms with E-state index in [1.807, 2.05) is 34.1 Å². The number of hydrogen-bond donors (Lipinski definition) is 1. The van der Waals surface area contributed by atoms with E-state index in [0.29, 0.717) is 37.8 Å². The molecule has 1 N–H and O–H groups in total. The summed E-state index contributed by atoms with van der Waals surface area (Å²) in [4.78, 5) is 16.6. The van der Waals surface area contributed by atoms with Gasteiger partial charge in [-0.2, -0.15) is 0 Å². The number of carbonyl (C=O) groups is 1. The molecule has 2 amide bonds. The van der Waals surface area contributed by atoms with Gasteiger partial charge in [0.1, 0.15) is 5.82 Å². The molecule has 0 bridgehead atoms. The largest absolute Gasteiger partial charge is 0.366 e. The van der Waals surface area contributed by atoms with Crippen LogP contribution in [0.3, 0.4) is 0 Å². The quantitative estimate of drug-likeness (QED) is 0.907. The van der Waals surface area contributed by atoms with Gasteiger partial charge in [-0.1, -0.05) is 42.5 Å². The smallest absolute Gasteiger partial charge is 0.318 e. The summed E-state index contributed by atoms with van der Waals surface area (Å²) < 4.78 is 14.0. The third-order valence-electron chi connectivity index (χ3n) is 5.29. The molecule has 2 aromatic rings. The number of hydrogen-bond acceptors (Lipinski definition) is 2. The van der Waals surface area contributed by atoms with Gasteiger partial charge >= 0.3 is 6.03 Å². The summed E-state index contributed by atoms with van der Waals surface area (Å²) in [5.74, 6) is 0.337. The molecule has 1 aliphatic carbocycles. The van der Waals surface area contributed by atoms with Gasteiger partial charge in [0.25, 0.3) is 0 Å². The van der Waals surface area contributed by atoms with Crippen molar-refractivity contribution in [3.05, 3.63) is 66.0 Å². The molecule has 0 aromatic heterocycles. The zero-order valence-electron chi connectivity index (χ0n) is 14.8. The molecule has 1 aliphatic heterocycles. The Balaban J connectivity index is 1.37. The van der Waals surface area contributed by atoms with Crippen LogP contribution in [0, 0.1) is 11.7 Å². The van der Waals surface area contributed by atoms with Crippen molar-refractivity contribution in [3.63, 3.8) is 0 Å². The van der Waals surface area contributed by atoms with Crippen molar-refractivity contribution in [1.82, 2.24) is 10.2 Å². The van der Waals surface area contributed by atoms with E-state index in [4.69, 9.17) is 0 Å². The van der Waals surface area contributed by atoms with E-state index in [1.54, 1.807) is 12.1 Å². The number of piperazine rings is 1. The Bertz CT molecular complexity index is 755. The standard InChI is InChI=1S/C21H24FN3O/c22-18-8-4-5-9-19(18)24-12-14-25(15-13-24)21(26)23-20(17-10-11-17)16-6-2-1-3-7-16/h1-9,17,20H,10-15H2,(H,23,26). The minimum atomic E-state index is -0.205. The number of urea groups is 1. The van der Waals surface area contributed by atoms with Crippen molar-refractivity contribution in [1.29, 1.82) is 0 Å². The van der Waals surface area contributed by atoms with Crippen LogP contribution >= 0.6 is 0 Å². The van der Waals surface area contributed by atoms with Gasteiger partial charge in [-0.3, -0.25) is 0 Å². The summed E-state index contributed by atoms with van der Waals surface area (Å²) >= 11 is 0. The lowest BCUT2D eigenvalue weighted by Crippen LogP contribution is -2.52. The van der Waals surface area contributed by atoms with Crippen LogP contribution in [0.1, 0.15) is 24.4 Å². The fourth-order valence-corrected chi connectivity index (χ4v) is 3.65. The highest BCUT2D eigenvalue weighted by Gasteiger charge is 2.34. The number of nitrogens with zero attached hydrogens (tertiary/aromatic N) is 2. The number of nitrogens with one attached hydrogen (secondary N) is 1. The molecule has 5 heteroatoms. The molecule has 1 unspecified atom stereocenters. The zero-order valence-corrected chi connectivity index (χ0v) is 14.8. The monoisotopic (exact) mass is 353 g/mol. The van der Waals surface area contributed by atoms with E-state index >= 15 is 0 Å². The van der Waals surface area contributed by atoms with Crippen LogP contribution in [0.2, 0.25) is 0 Å². The first-order valence-corrected chi connectivity index (χ1v) is 9.32. The number of amides is 2. The third kappa shape index (κ3) is 3.66. The van der Waals surface area contributed by atoms with Crippen LogP contribution in [-0.4, -0.2) is 37.1 Å². The number of carbonyl (C=O) groups excluding carboxylic acids is 1. The highest BCUT2D eigenvalue weighted by atomic mass is 19.1. The molecule has 4 rings (SSSR count). The van der Waals surface area contributed by atoms with E-state index in [-0.39, 0.29) is 17.9 Å². The molecule has 0 spiro atoms. The number of anilines is 1. The van der Waals surface area contributed by atoms with Crippen LogP contribution in [0.15, 0.2) is 54.6 Å². The molecule has 2 aromatic carbocycles. The maximum Gasteiger partial charge on any atom is 0.318 e. The highest BCUT2D eigenvalue weighted by molar-refractivity contribution is 5.75. The molecule has 136 valence electrons. The second-order valence-corrected chi connectivity index (χ2v) is 7.10. The van der Waals surface area contributed by atoms with E-state index in [9.17, 15) is 9.18 Å². The van der Waals surface area contributed by atoms with Crippen LogP contribution in [0.25, 0.3) is 0 Å². The molecule has 1 saturated heterocycles. The Morgan fingerprint density at radius 3 is 2.27 bits per heavy atom.